The van der Waals surface area contributed by atoms with Gasteiger partial charge in [0.25, 0.3) is 0 Å². The Labute approximate surface area is 107 Å². The molecule has 0 unspecified atom stereocenters. The Kier molecular flexibility index (Phi) is 3.81. The van der Waals surface area contributed by atoms with Gasteiger partial charge in [0, 0.05) is 41.3 Å². The van der Waals surface area contributed by atoms with Gasteiger partial charge in [0.1, 0.15) is 0 Å². The van der Waals surface area contributed by atoms with Crippen molar-refractivity contribution in [2.24, 2.45) is 0 Å². The van der Waals surface area contributed by atoms with E-state index < -0.39 is 0 Å². The summed E-state index contributed by atoms with van der Waals surface area (Å²) in [7, 11) is 7.71. The maximum atomic E-state index is 5.34. The van der Waals surface area contributed by atoms with Crippen LogP contribution in [-0.4, -0.2) is 69.4 Å². The van der Waals surface area contributed by atoms with Crippen molar-refractivity contribution in [3.8, 4) is 0 Å². The molecule has 0 N–H and O–H groups in total. The van der Waals surface area contributed by atoms with Crippen LogP contribution >= 0.6 is 0 Å². The van der Waals surface area contributed by atoms with Gasteiger partial charge in [0.15, 0.2) is 0 Å². The van der Waals surface area contributed by atoms with E-state index in [0.717, 1.165) is 32.3 Å². The van der Waals surface area contributed by atoms with Gasteiger partial charge in [-0.3, -0.25) is 0 Å². The van der Waals surface area contributed by atoms with Crippen LogP contribution in [0.15, 0.2) is 0 Å². The van der Waals surface area contributed by atoms with E-state index in [0.29, 0.717) is 11.9 Å². The first-order valence-electron chi connectivity index (χ1n) is 6.01. The van der Waals surface area contributed by atoms with Crippen molar-refractivity contribution in [2.75, 3.05) is 69.2 Å². The summed E-state index contributed by atoms with van der Waals surface area (Å²) in [4.78, 5) is 19.3. The van der Waals surface area contributed by atoms with Crippen LogP contribution < -0.4 is 14.7 Å². The van der Waals surface area contributed by atoms with Crippen LogP contribution in [0.5, 0.6) is 0 Å². The second-order valence-corrected chi connectivity index (χ2v) is 4.62. The fourth-order valence-corrected chi connectivity index (χ4v) is 1.65. The summed E-state index contributed by atoms with van der Waals surface area (Å²) < 4.78 is 5.34. The van der Waals surface area contributed by atoms with Crippen LogP contribution in [0, 0.1) is 0 Å². The Morgan fingerprint density at radius 3 is 1.83 bits per heavy atom. The molecule has 1 fully saturated rings. The molecule has 2 heterocycles. The molecule has 0 saturated carbocycles. The van der Waals surface area contributed by atoms with Gasteiger partial charge in [-0.2, -0.15) is 15.0 Å². The van der Waals surface area contributed by atoms with E-state index >= 15 is 0 Å². The van der Waals surface area contributed by atoms with Crippen LogP contribution in [0.3, 0.4) is 0 Å². The monoisotopic (exact) mass is 252 g/mol. The minimum Gasteiger partial charge on any atom is -0.378 e. The molecule has 18 heavy (non-hydrogen) atoms. The third-order valence-electron chi connectivity index (χ3n) is 2.69. The lowest BCUT2D eigenvalue weighted by Gasteiger charge is -2.28. The summed E-state index contributed by atoms with van der Waals surface area (Å²) in [6.45, 7) is 3.09. The van der Waals surface area contributed by atoms with E-state index in [9.17, 15) is 0 Å². The lowest BCUT2D eigenvalue weighted by Crippen LogP contribution is -2.38. The molecule has 0 atom stereocenters. The topological polar surface area (TPSA) is 57.6 Å². The average Bonchev–Trinajstić information content (AvgIpc) is 2.39. The van der Waals surface area contributed by atoms with E-state index in [1.54, 1.807) is 0 Å². The van der Waals surface area contributed by atoms with E-state index in [4.69, 9.17) is 4.74 Å². The van der Waals surface area contributed by atoms with Gasteiger partial charge in [-0.05, 0) is 0 Å². The number of hydrogen-bond donors (Lipinski definition) is 0. The first kappa shape index (κ1) is 12.8. The minimum absolute atomic E-state index is 0.676. The molecule has 1 aromatic rings. The van der Waals surface area contributed by atoms with E-state index in [2.05, 4.69) is 19.9 Å². The summed E-state index contributed by atoms with van der Waals surface area (Å²) in [6, 6.07) is 0. The van der Waals surface area contributed by atoms with Gasteiger partial charge in [0.05, 0.1) is 13.2 Å². The zero-order valence-corrected chi connectivity index (χ0v) is 11.4. The number of nitrogens with zero attached hydrogens (tertiary/aromatic N) is 6. The molecule has 1 aliphatic rings. The number of aromatic nitrogens is 3. The second kappa shape index (κ2) is 5.34. The highest BCUT2D eigenvalue weighted by Crippen LogP contribution is 2.17. The summed E-state index contributed by atoms with van der Waals surface area (Å²) in [5.74, 6) is 2.08. The first-order chi connectivity index (χ1) is 8.58. The van der Waals surface area contributed by atoms with Gasteiger partial charge in [-0.1, -0.05) is 0 Å². The lowest BCUT2D eigenvalue weighted by atomic mass is 10.4. The number of hydrogen-bond acceptors (Lipinski definition) is 7. The highest BCUT2D eigenvalue weighted by molar-refractivity contribution is 5.45. The molecule has 7 nitrogen and oxygen atoms in total. The lowest BCUT2D eigenvalue weighted by molar-refractivity contribution is 0.122. The molecule has 0 radical (unpaired) electrons. The fourth-order valence-electron chi connectivity index (χ4n) is 1.65. The fraction of sp³-hybridized carbons (Fsp3) is 0.727. The Hall–Kier alpha value is -1.63. The predicted molar refractivity (Wildman–Crippen MR) is 71.5 cm³/mol. The zero-order valence-electron chi connectivity index (χ0n) is 11.4. The smallest absolute Gasteiger partial charge is 0.232 e. The van der Waals surface area contributed by atoms with Crippen LogP contribution in [0.25, 0.3) is 0 Å². The van der Waals surface area contributed by atoms with Crippen molar-refractivity contribution in [3.63, 3.8) is 0 Å². The Morgan fingerprint density at radius 2 is 1.39 bits per heavy atom. The van der Waals surface area contributed by atoms with Gasteiger partial charge in [0.2, 0.25) is 17.8 Å². The molecule has 1 aromatic heterocycles. The summed E-state index contributed by atoms with van der Waals surface area (Å²) >= 11 is 0. The van der Waals surface area contributed by atoms with E-state index in [1.807, 2.05) is 38.0 Å². The number of morpholine rings is 1. The molecule has 7 heteroatoms. The molecule has 2 rings (SSSR count). The highest BCUT2D eigenvalue weighted by atomic mass is 16.5. The summed E-state index contributed by atoms with van der Waals surface area (Å²) in [5, 5.41) is 0. The van der Waals surface area contributed by atoms with Crippen LogP contribution in [0.2, 0.25) is 0 Å². The van der Waals surface area contributed by atoms with Crippen molar-refractivity contribution < 1.29 is 4.74 Å². The average molecular weight is 252 g/mol. The van der Waals surface area contributed by atoms with Crippen molar-refractivity contribution in [2.45, 2.75) is 0 Å². The maximum absolute atomic E-state index is 5.34. The number of ether oxygens (including phenoxy) is 1. The minimum atomic E-state index is 0.676. The van der Waals surface area contributed by atoms with Crippen LogP contribution in [0.4, 0.5) is 17.8 Å². The van der Waals surface area contributed by atoms with Gasteiger partial charge < -0.3 is 19.4 Å². The van der Waals surface area contributed by atoms with Crippen LogP contribution in [-0.2, 0) is 4.74 Å². The van der Waals surface area contributed by atoms with Crippen molar-refractivity contribution in [1.82, 2.24) is 15.0 Å². The number of rotatable bonds is 3. The van der Waals surface area contributed by atoms with Crippen molar-refractivity contribution in [1.29, 1.82) is 0 Å². The molecule has 100 valence electrons. The van der Waals surface area contributed by atoms with Gasteiger partial charge in [-0.25, -0.2) is 0 Å². The normalized spacial score (nSPS) is 15.7. The second-order valence-electron chi connectivity index (χ2n) is 4.62. The highest BCUT2D eigenvalue weighted by Gasteiger charge is 2.17. The van der Waals surface area contributed by atoms with Crippen molar-refractivity contribution >= 4 is 17.8 Å². The molecule has 0 bridgehead atoms. The zero-order chi connectivity index (χ0) is 13.1. The van der Waals surface area contributed by atoms with Gasteiger partial charge >= 0.3 is 0 Å². The standard InChI is InChI=1S/C11H20N6O/c1-15(2)9-12-10(16(3)4)14-11(13-9)17-5-7-18-8-6-17/h5-8H2,1-4H3. The molecule has 1 aliphatic heterocycles. The molecule has 0 spiro atoms. The molecular weight excluding hydrogens is 232 g/mol. The van der Waals surface area contributed by atoms with Crippen molar-refractivity contribution in [3.05, 3.63) is 0 Å². The largest absolute Gasteiger partial charge is 0.378 e. The van der Waals surface area contributed by atoms with E-state index in [-0.39, 0.29) is 0 Å². The predicted octanol–water partition coefficient (Wildman–Crippen LogP) is -0.160. The Morgan fingerprint density at radius 1 is 0.889 bits per heavy atom. The maximum Gasteiger partial charge on any atom is 0.232 e. The third-order valence-corrected chi connectivity index (χ3v) is 2.69. The molecule has 0 amide bonds. The summed E-state index contributed by atoms with van der Waals surface area (Å²) in [5.41, 5.74) is 0. The molecule has 0 aromatic carbocycles. The first-order valence-corrected chi connectivity index (χ1v) is 6.01. The molecular formula is C11H20N6O. The van der Waals surface area contributed by atoms with E-state index in [1.165, 1.54) is 0 Å². The Balaban J connectivity index is 2.32. The number of anilines is 3. The SMILES string of the molecule is CN(C)c1nc(N(C)C)nc(N2CCOCC2)n1. The molecule has 1 saturated heterocycles. The van der Waals surface area contributed by atoms with Gasteiger partial charge in [-0.15, -0.1) is 0 Å². The third kappa shape index (κ3) is 2.79. The molecule has 0 aliphatic carbocycles. The van der Waals surface area contributed by atoms with Crippen LogP contribution in [0.1, 0.15) is 0 Å². The quantitative estimate of drug-likeness (QED) is 0.741. The summed E-state index contributed by atoms with van der Waals surface area (Å²) in [6.07, 6.45) is 0. The Bertz CT molecular complexity index is 376.